The minimum Gasteiger partial charge on any atom is -0.365 e. The van der Waals surface area contributed by atoms with Crippen LogP contribution in [0.3, 0.4) is 0 Å². The fraction of sp³-hybridized carbons (Fsp3) is 0.647. The number of hydrogen-bond acceptors (Lipinski definition) is 3. The smallest absolute Gasteiger partial charge is 0.0643 e. The molecule has 1 fully saturated rings. The Morgan fingerprint density at radius 3 is 2.71 bits per heavy atom. The molecular weight excluding hydrogens is 300 g/mol. The van der Waals surface area contributed by atoms with Crippen LogP contribution in [0, 0.1) is 0 Å². The van der Waals surface area contributed by atoms with E-state index in [-0.39, 0.29) is 5.54 Å². The largest absolute Gasteiger partial charge is 0.365 e. The molecule has 118 valence electrons. The Morgan fingerprint density at radius 1 is 1.33 bits per heavy atom. The lowest BCUT2D eigenvalue weighted by molar-refractivity contribution is 0.424. The molecule has 0 radical (unpaired) electrons. The van der Waals surface area contributed by atoms with Gasteiger partial charge in [0, 0.05) is 35.7 Å². The minimum absolute atomic E-state index is 0.107. The van der Waals surface area contributed by atoms with Gasteiger partial charge in [0.2, 0.25) is 0 Å². The lowest BCUT2D eigenvalue weighted by Crippen LogP contribution is -2.45. The van der Waals surface area contributed by atoms with E-state index in [1.807, 2.05) is 6.07 Å². The number of thioether (sulfide) groups is 1. The minimum atomic E-state index is 0.107. The van der Waals surface area contributed by atoms with Crippen molar-refractivity contribution < 1.29 is 0 Å². The predicted molar refractivity (Wildman–Crippen MR) is 96.8 cm³/mol. The first-order chi connectivity index (χ1) is 9.79. The Morgan fingerprint density at radius 2 is 2.05 bits per heavy atom. The van der Waals surface area contributed by atoms with Crippen LogP contribution in [-0.2, 0) is 6.54 Å². The summed E-state index contributed by atoms with van der Waals surface area (Å²) in [7, 11) is 0. The topological polar surface area (TPSA) is 15.3 Å². The highest BCUT2D eigenvalue weighted by Gasteiger charge is 2.28. The van der Waals surface area contributed by atoms with Crippen molar-refractivity contribution in [1.82, 2.24) is 5.32 Å². The molecule has 1 N–H and O–H groups in total. The van der Waals surface area contributed by atoms with Crippen LogP contribution in [0.4, 0.5) is 5.69 Å². The summed E-state index contributed by atoms with van der Waals surface area (Å²) in [5, 5.41) is 5.09. The molecule has 4 heteroatoms. The molecule has 21 heavy (non-hydrogen) atoms. The number of hydrogen-bond donors (Lipinski definition) is 1. The summed E-state index contributed by atoms with van der Waals surface area (Å²) in [4.78, 5) is 2.49. The molecule has 0 aromatic heterocycles. The van der Waals surface area contributed by atoms with Crippen molar-refractivity contribution >= 4 is 29.1 Å². The van der Waals surface area contributed by atoms with E-state index in [4.69, 9.17) is 11.6 Å². The summed E-state index contributed by atoms with van der Waals surface area (Å²) in [5.41, 5.74) is 2.62. The van der Waals surface area contributed by atoms with Crippen LogP contribution in [0.15, 0.2) is 18.2 Å². The molecule has 2 rings (SSSR count). The Hall–Kier alpha value is -0.380. The highest BCUT2D eigenvalue weighted by Crippen LogP contribution is 2.36. The number of halogens is 1. The maximum atomic E-state index is 6.55. The Kier molecular flexibility index (Phi) is 5.50. The summed E-state index contributed by atoms with van der Waals surface area (Å²) < 4.78 is 0. The van der Waals surface area contributed by atoms with Crippen molar-refractivity contribution in [2.75, 3.05) is 17.2 Å². The van der Waals surface area contributed by atoms with Gasteiger partial charge in [-0.05, 0) is 39.3 Å². The maximum absolute atomic E-state index is 6.55. The summed E-state index contributed by atoms with van der Waals surface area (Å²) in [5.74, 6) is 1.17. The molecular formula is C17H27ClN2S. The number of nitrogens with zero attached hydrogens (tertiary/aromatic N) is 1. The van der Waals surface area contributed by atoms with Crippen LogP contribution in [0.5, 0.6) is 0 Å². The Bertz CT molecular complexity index is 484. The first kappa shape index (κ1) is 17.0. The lowest BCUT2D eigenvalue weighted by atomic mass is 10.1. The second-order valence-electron chi connectivity index (χ2n) is 6.86. The molecule has 0 bridgehead atoms. The van der Waals surface area contributed by atoms with Gasteiger partial charge in [-0.1, -0.05) is 30.7 Å². The van der Waals surface area contributed by atoms with E-state index in [2.05, 4.69) is 68.7 Å². The van der Waals surface area contributed by atoms with Gasteiger partial charge in [-0.15, -0.1) is 0 Å². The van der Waals surface area contributed by atoms with Crippen LogP contribution >= 0.6 is 23.4 Å². The SMILES string of the molecule is CC1SCCN(c2c(Cl)cccc2CNC(C)(C)C)C1C. The second kappa shape index (κ2) is 6.80. The second-order valence-corrected chi connectivity index (χ2v) is 8.75. The summed E-state index contributed by atoms with van der Waals surface area (Å²) in [6.07, 6.45) is 0. The third-order valence-corrected chi connectivity index (χ3v) is 5.69. The van der Waals surface area contributed by atoms with E-state index in [9.17, 15) is 0 Å². The normalized spacial score (nSPS) is 23.4. The van der Waals surface area contributed by atoms with E-state index in [0.29, 0.717) is 11.3 Å². The predicted octanol–water partition coefficient (Wildman–Crippen LogP) is 4.56. The van der Waals surface area contributed by atoms with E-state index in [0.717, 1.165) is 18.1 Å². The fourth-order valence-corrected chi connectivity index (χ4v) is 4.04. The van der Waals surface area contributed by atoms with E-state index < -0.39 is 0 Å². The highest BCUT2D eigenvalue weighted by atomic mass is 35.5. The molecule has 0 aliphatic carbocycles. The van der Waals surface area contributed by atoms with Crippen molar-refractivity contribution in [3.63, 3.8) is 0 Å². The number of rotatable bonds is 3. The van der Waals surface area contributed by atoms with Crippen molar-refractivity contribution in [3.05, 3.63) is 28.8 Å². The maximum Gasteiger partial charge on any atom is 0.0643 e. The zero-order valence-electron chi connectivity index (χ0n) is 13.7. The van der Waals surface area contributed by atoms with Crippen LogP contribution < -0.4 is 10.2 Å². The Labute approximate surface area is 138 Å². The summed E-state index contributed by atoms with van der Waals surface area (Å²) in [6, 6.07) is 6.77. The highest BCUT2D eigenvalue weighted by molar-refractivity contribution is 8.00. The molecule has 1 aliphatic heterocycles. The van der Waals surface area contributed by atoms with Gasteiger partial charge in [0.1, 0.15) is 0 Å². The average molecular weight is 327 g/mol. The van der Waals surface area contributed by atoms with Gasteiger partial charge in [0.25, 0.3) is 0 Å². The molecule has 0 amide bonds. The van der Waals surface area contributed by atoms with Gasteiger partial charge < -0.3 is 10.2 Å². The third kappa shape index (κ3) is 4.30. The first-order valence-corrected chi connectivity index (χ1v) is 9.13. The van der Waals surface area contributed by atoms with Gasteiger partial charge in [-0.25, -0.2) is 0 Å². The third-order valence-electron chi connectivity index (χ3n) is 4.05. The van der Waals surface area contributed by atoms with Gasteiger partial charge in [-0.2, -0.15) is 11.8 Å². The van der Waals surface area contributed by atoms with Crippen LogP contribution in [0.1, 0.15) is 40.2 Å². The molecule has 2 atom stereocenters. The van der Waals surface area contributed by atoms with Crippen LogP contribution in [0.25, 0.3) is 0 Å². The summed E-state index contributed by atoms with van der Waals surface area (Å²) in [6.45, 7) is 13.1. The molecule has 2 unspecified atom stereocenters. The monoisotopic (exact) mass is 326 g/mol. The van der Waals surface area contributed by atoms with E-state index in [1.54, 1.807) is 0 Å². The molecule has 1 aromatic carbocycles. The molecule has 1 saturated heterocycles. The quantitative estimate of drug-likeness (QED) is 0.876. The average Bonchev–Trinajstić information content (AvgIpc) is 2.39. The van der Waals surface area contributed by atoms with Crippen LogP contribution in [-0.4, -0.2) is 29.1 Å². The standard InChI is InChI=1S/C17H27ClN2S/c1-12-13(2)21-10-9-20(12)16-14(7-6-8-15(16)18)11-19-17(3,4)5/h6-8,12-13,19H,9-11H2,1-5H3. The zero-order valence-corrected chi connectivity index (χ0v) is 15.3. The van der Waals surface area contributed by atoms with E-state index >= 15 is 0 Å². The van der Waals surface area contributed by atoms with Gasteiger partial charge in [-0.3, -0.25) is 0 Å². The Balaban J connectivity index is 2.29. The zero-order chi connectivity index (χ0) is 15.6. The van der Waals surface area contributed by atoms with E-state index in [1.165, 1.54) is 17.0 Å². The first-order valence-electron chi connectivity index (χ1n) is 7.70. The van der Waals surface area contributed by atoms with Crippen molar-refractivity contribution in [1.29, 1.82) is 0 Å². The molecule has 0 spiro atoms. The van der Waals surface area contributed by atoms with Gasteiger partial charge >= 0.3 is 0 Å². The molecule has 1 heterocycles. The van der Waals surface area contributed by atoms with Crippen LogP contribution in [0.2, 0.25) is 5.02 Å². The fourth-order valence-electron chi connectivity index (χ4n) is 2.63. The number of benzene rings is 1. The lowest BCUT2D eigenvalue weighted by Gasteiger charge is -2.40. The van der Waals surface area contributed by atoms with Gasteiger partial charge in [0.15, 0.2) is 0 Å². The number of para-hydroxylation sites is 1. The number of nitrogens with one attached hydrogen (secondary N) is 1. The molecule has 1 aliphatic rings. The molecule has 0 saturated carbocycles. The summed E-state index contributed by atoms with van der Waals surface area (Å²) >= 11 is 8.60. The van der Waals surface area contributed by atoms with Crippen molar-refractivity contribution in [2.24, 2.45) is 0 Å². The van der Waals surface area contributed by atoms with Crippen molar-refractivity contribution in [3.8, 4) is 0 Å². The number of anilines is 1. The van der Waals surface area contributed by atoms with Gasteiger partial charge in [0.05, 0.1) is 10.7 Å². The molecule has 1 aromatic rings. The van der Waals surface area contributed by atoms with Crippen molar-refractivity contribution in [2.45, 2.75) is 58.0 Å². The molecule has 2 nitrogen and oxygen atoms in total.